The minimum Gasteiger partial charge on any atom is -0.507 e. The number of amides is 1. The topological polar surface area (TPSA) is 95.5 Å². The number of H-pyrrole nitrogens is 1. The van der Waals surface area contributed by atoms with Gasteiger partial charge in [0.25, 0.3) is 11.7 Å². The number of rotatable bonds is 6. The van der Waals surface area contributed by atoms with E-state index >= 15 is 0 Å². The van der Waals surface area contributed by atoms with E-state index < -0.39 is 17.7 Å². The van der Waals surface area contributed by atoms with Crippen LogP contribution in [0.25, 0.3) is 16.7 Å². The Morgan fingerprint density at radius 3 is 2.39 bits per heavy atom. The van der Waals surface area contributed by atoms with Crippen LogP contribution in [0.4, 0.5) is 5.69 Å². The van der Waals surface area contributed by atoms with E-state index in [-0.39, 0.29) is 11.3 Å². The number of carbonyl (C=O) groups is 2. The van der Waals surface area contributed by atoms with Crippen LogP contribution in [-0.4, -0.2) is 26.8 Å². The van der Waals surface area contributed by atoms with Crippen molar-refractivity contribution in [2.75, 3.05) is 4.90 Å². The molecule has 1 atom stereocenters. The highest BCUT2D eigenvalue weighted by Crippen LogP contribution is 2.42. The second-order valence-corrected chi connectivity index (χ2v) is 8.94. The normalized spacial score (nSPS) is 16.7. The van der Waals surface area contributed by atoms with Crippen LogP contribution in [0.1, 0.15) is 22.9 Å². The van der Waals surface area contributed by atoms with Crippen LogP contribution in [0.3, 0.4) is 0 Å². The number of carbonyl (C=O) groups excluding carboxylic acids is 2. The fourth-order valence-electron chi connectivity index (χ4n) is 4.77. The van der Waals surface area contributed by atoms with Crippen molar-refractivity contribution in [2.24, 2.45) is 0 Å². The van der Waals surface area contributed by atoms with E-state index in [1.807, 2.05) is 54.6 Å². The van der Waals surface area contributed by atoms with E-state index in [1.165, 1.54) is 4.90 Å². The predicted molar refractivity (Wildman–Crippen MR) is 145 cm³/mol. The first-order chi connectivity index (χ1) is 18.6. The lowest BCUT2D eigenvalue weighted by Crippen LogP contribution is -2.29. The Morgan fingerprint density at radius 2 is 1.63 bits per heavy atom. The molecule has 0 saturated carbocycles. The number of fused-ring (bicyclic) bond motifs is 1. The molecule has 1 aliphatic rings. The van der Waals surface area contributed by atoms with Crippen molar-refractivity contribution in [1.29, 1.82) is 0 Å². The number of ether oxygens (including phenoxy) is 1. The molecule has 7 heteroatoms. The number of nitrogens with zero attached hydrogens (tertiary/aromatic N) is 2. The average Bonchev–Trinajstić information content (AvgIpc) is 3.52. The second kappa shape index (κ2) is 9.71. The zero-order chi connectivity index (χ0) is 26.1. The van der Waals surface area contributed by atoms with Gasteiger partial charge < -0.3 is 14.8 Å². The Kier molecular flexibility index (Phi) is 5.94. The largest absolute Gasteiger partial charge is 0.507 e. The lowest BCUT2D eigenvalue weighted by Gasteiger charge is -2.24. The molecule has 0 aliphatic carbocycles. The maximum Gasteiger partial charge on any atom is 0.300 e. The van der Waals surface area contributed by atoms with Gasteiger partial charge in [-0.25, -0.2) is 0 Å². The number of Topliss-reactive ketones (excluding diaryl/α,β-unsaturated/α-hetero) is 1. The van der Waals surface area contributed by atoms with E-state index in [0.29, 0.717) is 29.3 Å². The van der Waals surface area contributed by atoms with Crippen LogP contribution in [-0.2, 0) is 16.2 Å². The SMILES string of the molecule is O=C1C(=O)N(c2ccc(OCc3ccccc3)cc2)C(c2ccccn2)/C1=C(/O)c1c[nH]c2ccccc12. The second-order valence-electron chi connectivity index (χ2n) is 8.94. The molecule has 1 aliphatic heterocycles. The van der Waals surface area contributed by atoms with Gasteiger partial charge >= 0.3 is 0 Å². The summed E-state index contributed by atoms with van der Waals surface area (Å²) < 4.78 is 5.88. The summed E-state index contributed by atoms with van der Waals surface area (Å²) >= 11 is 0. The predicted octanol–water partition coefficient (Wildman–Crippen LogP) is 5.77. The first kappa shape index (κ1) is 23.2. The summed E-state index contributed by atoms with van der Waals surface area (Å²) in [5.41, 5.74) is 3.25. The molecule has 0 spiro atoms. The number of aromatic nitrogens is 2. The van der Waals surface area contributed by atoms with Gasteiger partial charge in [0.15, 0.2) is 0 Å². The van der Waals surface area contributed by atoms with Crippen molar-refractivity contribution in [2.45, 2.75) is 12.6 Å². The van der Waals surface area contributed by atoms with Gasteiger partial charge in [0.2, 0.25) is 0 Å². The van der Waals surface area contributed by atoms with E-state index in [9.17, 15) is 14.7 Å². The maximum atomic E-state index is 13.4. The van der Waals surface area contributed by atoms with Crippen LogP contribution in [0.15, 0.2) is 115 Å². The first-order valence-corrected chi connectivity index (χ1v) is 12.2. The molecular weight excluding hydrogens is 478 g/mol. The molecule has 1 saturated heterocycles. The molecule has 1 amide bonds. The number of anilines is 1. The number of ketones is 1. The van der Waals surface area contributed by atoms with E-state index in [1.54, 1.807) is 54.9 Å². The van der Waals surface area contributed by atoms with Crippen LogP contribution in [0.2, 0.25) is 0 Å². The smallest absolute Gasteiger partial charge is 0.300 e. The number of hydrogen-bond acceptors (Lipinski definition) is 5. The summed E-state index contributed by atoms with van der Waals surface area (Å²) in [6, 6.07) is 28.6. The van der Waals surface area contributed by atoms with Gasteiger partial charge in [0.05, 0.1) is 11.3 Å². The van der Waals surface area contributed by atoms with Crippen molar-refractivity contribution < 1.29 is 19.4 Å². The number of aliphatic hydroxyl groups is 1. The van der Waals surface area contributed by atoms with Crippen LogP contribution in [0, 0.1) is 0 Å². The standard InChI is InChI=1S/C31H23N3O4/c35-29(24-18-33-25-11-5-4-10-23(24)25)27-28(26-12-6-7-17-32-26)34(31(37)30(27)36)21-13-15-22(16-14-21)38-19-20-8-2-1-3-9-20/h1-18,28,33,35H,19H2/b29-27-. The van der Waals surface area contributed by atoms with Gasteiger partial charge in [-0.2, -0.15) is 0 Å². The number of benzene rings is 3. The average molecular weight is 502 g/mol. The van der Waals surface area contributed by atoms with E-state index in [0.717, 1.165) is 16.5 Å². The molecule has 0 radical (unpaired) electrons. The molecule has 38 heavy (non-hydrogen) atoms. The van der Waals surface area contributed by atoms with Crippen LogP contribution >= 0.6 is 0 Å². The zero-order valence-electron chi connectivity index (χ0n) is 20.2. The molecule has 2 aromatic heterocycles. The van der Waals surface area contributed by atoms with E-state index in [4.69, 9.17) is 4.74 Å². The van der Waals surface area contributed by atoms with Crippen molar-refractivity contribution in [3.63, 3.8) is 0 Å². The Bertz CT molecular complexity index is 1660. The highest BCUT2D eigenvalue weighted by molar-refractivity contribution is 6.51. The molecular formula is C31H23N3O4. The molecule has 6 rings (SSSR count). The highest BCUT2D eigenvalue weighted by Gasteiger charge is 2.47. The monoisotopic (exact) mass is 501 g/mol. The molecule has 1 unspecified atom stereocenters. The fourth-order valence-corrected chi connectivity index (χ4v) is 4.77. The minimum absolute atomic E-state index is 0.0112. The Labute approximate surface area is 218 Å². The van der Waals surface area contributed by atoms with Gasteiger partial charge in [-0.1, -0.05) is 54.6 Å². The third kappa shape index (κ3) is 4.10. The molecule has 1 fully saturated rings. The first-order valence-electron chi connectivity index (χ1n) is 12.2. The van der Waals surface area contributed by atoms with Crippen molar-refractivity contribution >= 4 is 34.0 Å². The number of pyridine rings is 1. The fraction of sp³-hybridized carbons (Fsp3) is 0.0645. The minimum atomic E-state index is -0.902. The molecule has 7 nitrogen and oxygen atoms in total. The molecule has 2 N–H and O–H groups in total. The Hall–Kier alpha value is -5.17. The van der Waals surface area contributed by atoms with Crippen LogP contribution in [0.5, 0.6) is 5.75 Å². The van der Waals surface area contributed by atoms with Crippen LogP contribution < -0.4 is 9.64 Å². The summed E-state index contributed by atoms with van der Waals surface area (Å²) in [6.45, 7) is 0.406. The highest BCUT2D eigenvalue weighted by atomic mass is 16.5. The molecule has 186 valence electrons. The lowest BCUT2D eigenvalue weighted by molar-refractivity contribution is -0.132. The van der Waals surface area contributed by atoms with Gasteiger partial charge in [-0.15, -0.1) is 0 Å². The number of aliphatic hydroxyl groups excluding tert-OH is 1. The number of aromatic amines is 1. The Balaban J connectivity index is 1.40. The maximum absolute atomic E-state index is 13.4. The lowest BCUT2D eigenvalue weighted by atomic mass is 9.98. The quantitative estimate of drug-likeness (QED) is 0.175. The third-order valence-electron chi connectivity index (χ3n) is 6.62. The van der Waals surface area contributed by atoms with E-state index in [2.05, 4.69) is 9.97 Å². The van der Waals surface area contributed by atoms with Gasteiger partial charge in [-0.3, -0.25) is 19.5 Å². The molecule has 3 heterocycles. The summed E-state index contributed by atoms with van der Waals surface area (Å²) in [5.74, 6) is -1.13. The van der Waals surface area contributed by atoms with Crippen molar-refractivity contribution in [3.8, 4) is 5.75 Å². The van der Waals surface area contributed by atoms with Crippen molar-refractivity contribution in [3.05, 3.63) is 132 Å². The van der Waals surface area contributed by atoms with Gasteiger partial charge in [0, 0.05) is 34.5 Å². The molecule has 5 aromatic rings. The number of hydrogen-bond donors (Lipinski definition) is 2. The molecule has 3 aromatic carbocycles. The number of nitrogens with one attached hydrogen (secondary N) is 1. The molecule has 0 bridgehead atoms. The number of para-hydroxylation sites is 1. The van der Waals surface area contributed by atoms with Gasteiger partial charge in [0.1, 0.15) is 24.2 Å². The summed E-state index contributed by atoms with van der Waals surface area (Å²) in [6.07, 6.45) is 3.24. The Morgan fingerprint density at radius 1 is 0.895 bits per heavy atom. The summed E-state index contributed by atoms with van der Waals surface area (Å²) in [5, 5.41) is 12.2. The zero-order valence-corrected chi connectivity index (χ0v) is 20.2. The van der Waals surface area contributed by atoms with Crippen molar-refractivity contribution in [1.82, 2.24) is 9.97 Å². The summed E-state index contributed by atoms with van der Waals surface area (Å²) in [7, 11) is 0. The summed E-state index contributed by atoms with van der Waals surface area (Å²) in [4.78, 5) is 35.7. The van der Waals surface area contributed by atoms with Gasteiger partial charge in [-0.05, 0) is 48.0 Å². The third-order valence-corrected chi connectivity index (χ3v) is 6.62.